The maximum absolute atomic E-state index is 12.7. The van der Waals surface area contributed by atoms with Crippen LogP contribution < -0.4 is 0 Å². The summed E-state index contributed by atoms with van der Waals surface area (Å²) in [6.07, 6.45) is 3.06. The molecule has 2 aromatic heterocycles. The number of aliphatic carboxylic acids is 1. The van der Waals surface area contributed by atoms with Gasteiger partial charge in [0.05, 0.1) is 0 Å². The van der Waals surface area contributed by atoms with Gasteiger partial charge >= 0.3 is 5.97 Å². The third kappa shape index (κ3) is 3.59. The fraction of sp³-hybridized carbons (Fsp3) is 0.400. The summed E-state index contributed by atoms with van der Waals surface area (Å²) in [7, 11) is 0. The van der Waals surface area contributed by atoms with Crippen LogP contribution in [0, 0.1) is 0 Å². The summed E-state index contributed by atoms with van der Waals surface area (Å²) in [5.74, 6) is -1.03. The molecule has 1 aliphatic rings. The first-order valence-corrected chi connectivity index (χ1v) is 8.09. The van der Waals surface area contributed by atoms with Crippen molar-refractivity contribution in [3.63, 3.8) is 0 Å². The number of carboxylic acids is 1. The second-order valence-corrected chi connectivity index (χ2v) is 6.21. The van der Waals surface area contributed by atoms with Gasteiger partial charge in [-0.05, 0) is 29.9 Å². The predicted molar refractivity (Wildman–Crippen MR) is 81.2 cm³/mol. The van der Waals surface area contributed by atoms with Gasteiger partial charge in [0.25, 0.3) is 5.91 Å². The van der Waals surface area contributed by atoms with E-state index in [4.69, 9.17) is 14.3 Å². The molecule has 0 fully saturated rings. The van der Waals surface area contributed by atoms with Gasteiger partial charge in [-0.15, -0.1) is 11.3 Å². The van der Waals surface area contributed by atoms with Crippen LogP contribution >= 0.6 is 11.3 Å². The molecule has 0 bridgehead atoms. The van der Waals surface area contributed by atoms with E-state index in [1.54, 1.807) is 16.2 Å². The number of hydrogen-bond acceptors (Lipinski definition) is 6. The Balaban J connectivity index is 1.71. The summed E-state index contributed by atoms with van der Waals surface area (Å²) < 4.78 is 10.2. The van der Waals surface area contributed by atoms with E-state index >= 15 is 0 Å². The van der Waals surface area contributed by atoms with Gasteiger partial charge in [0.2, 0.25) is 0 Å². The highest BCUT2D eigenvalue weighted by molar-refractivity contribution is 7.10. The number of carbonyl (C=O) groups excluding carboxylic acids is 1. The van der Waals surface area contributed by atoms with E-state index in [1.165, 1.54) is 16.8 Å². The summed E-state index contributed by atoms with van der Waals surface area (Å²) in [5.41, 5.74) is 1.36. The Bertz CT molecular complexity index is 708. The highest BCUT2D eigenvalue weighted by Gasteiger charge is 2.25. The molecule has 0 spiro atoms. The van der Waals surface area contributed by atoms with Crippen LogP contribution in [-0.2, 0) is 29.1 Å². The molecular weight excluding hydrogens is 320 g/mol. The maximum Gasteiger partial charge on any atom is 0.329 e. The Labute approximate surface area is 136 Å². The van der Waals surface area contributed by atoms with Crippen molar-refractivity contribution in [2.45, 2.75) is 26.0 Å². The van der Waals surface area contributed by atoms with Gasteiger partial charge < -0.3 is 19.2 Å². The molecule has 8 heteroatoms. The lowest BCUT2D eigenvalue weighted by Crippen LogP contribution is -2.31. The van der Waals surface area contributed by atoms with Crippen LogP contribution in [0.3, 0.4) is 0 Å². The smallest absolute Gasteiger partial charge is 0.329 e. The zero-order valence-electron chi connectivity index (χ0n) is 12.4. The molecule has 0 aliphatic carbocycles. The van der Waals surface area contributed by atoms with Gasteiger partial charge in [-0.1, -0.05) is 0 Å². The first kappa shape index (κ1) is 15.7. The van der Waals surface area contributed by atoms with E-state index in [9.17, 15) is 9.59 Å². The lowest BCUT2D eigenvalue weighted by molar-refractivity contribution is -0.142. The van der Waals surface area contributed by atoms with Crippen molar-refractivity contribution in [3.8, 4) is 0 Å². The third-order valence-electron chi connectivity index (χ3n) is 3.62. The molecule has 0 aromatic carbocycles. The molecule has 0 radical (unpaired) electrons. The third-order valence-corrected chi connectivity index (χ3v) is 4.64. The summed E-state index contributed by atoms with van der Waals surface area (Å²) in [6, 6.07) is 2.05. The second kappa shape index (κ2) is 6.93. The van der Waals surface area contributed by atoms with E-state index in [2.05, 4.69) is 4.98 Å². The quantitative estimate of drug-likeness (QED) is 0.897. The second-order valence-electron chi connectivity index (χ2n) is 5.21. The molecule has 0 unspecified atom stereocenters. The maximum atomic E-state index is 12.7. The largest absolute Gasteiger partial charge is 0.480 e. The van der Waals surface area contributed by atoms with Crippen molar-refractivity contribution in [1.82, 2.24) is 9.88 Å². The molecule has 1 amide bonds. The monoisotopic (exact) mass is 336 g/mol. The Morgan fingerprint density at radius 2 is 2.35 bits per heavy atom. The number of thiophene rings is 1. The van der Waals surface area contributed by atoms with E-state index in [0.29, 0.717) is 13.1 Å². The van der Waals surface area contributed by atoms with Crippen LogP contribution in [-0.4, -0.2) is 40.0 Å². The van der Waals surface area contributed by atoms with Crippen LogP contribution in [0.2, 0.25) is 0 Å². The average molecular weight is 336 g/mol. The first-order valence-electron chi connectivity index (χ1n) is 7.21. The minimum atomic E-state index is -1.07. The highest BCUT2D eigenvalue weighted by Crippen LogP contribution is 2.25. The number of aromatic nitrogens is 1. The molecule has 122 valence electrons. The van der Waals surface area contributed by atoms with Gasteiger partial charge in [-0.2, -0.15) is 0 Å². The van der Waals surface area contributed by atoms with Gasteiger partial charge in [0.15, 0.2) is 17.8 Å². The van der Waals surface area contributed by atoms with Crippen molar-refractivity contribution < 1.29 is 23.8 Å². The van der Waals surface area contributed by atoms with Crippen molar-refractivity contribution in [2.24, 2.45) is 0 Å². The summed E-state index contributed by atoms with van der Waals surface area (Å²) in [5, 5.41) is 10.6. The van der Waals surface area contributed by atoms with Gasteiger partial charge in [-0.25, -0.2) is 9.78 Å². The number of ether oxygens (including phenoxy) is 1. The molecule has 3 heterocycles. The van der Waals surface area contributed by atoms with Gasteiger partial charge in [0, 0.05) is 18.0 Å². The summed E-state index contributed by atoms with van der Waals surface area (Å²) in [6.45, 7) is 0.670. The van der Waals surface area contributed by atoms with Gasteiger partial charge in [-0.3, -0.25) is 4.79 Å². The highest BCUT2D eigenvalue weighted by atomic mass is 32.1. The van der Waals surface area contributed by atoms with Crippen molar-refractivity contribution in [1.29, 1.82) is 0 Å². The van der Waals surface area contributed by atoms with Crippen LogP contribution in [0.4, 0.5) is 0 Å². The molecule has 3 rings (SSSR count). The number of carboxylic acid groups (broad SMARTS) is 1. The molecule has 0 saturated carbocycles. The number of nitrogens with zero attached hydrogens (tertiary/aromatic N) is 2. The van der Waals surface area contributed by atoms with Gasteiger partial charge in [0.1, 0.15) is 13.2 Å². The van der Waals surface area contributed by atoms with Crippen LogP contribution in [0.15, 0.2) is 22.3 Å². The van der Waals surface area contributed by atoms with Crippen LogP contribution in [0.25, 0.3) is 0 Å². The Morgan fingerprint density at radius 1 is 1.48 bits per heavy atom. The lowest BCUT2D eigenvalue weighted by Gasteiger charge is -2.19. The molecule has 0 atom stereocenters. The Kier molecular flexibility index (Phi) is 4.73. The number of oxazole rings is 1. The molecule has 0 saturated heterocycles. The molecule has 23 heavy (non-hydrogen) atoms. The minimum absolute atomic E-state index is 0.0923. The first-order chi connectivity index (χ1) is 11.1. The fourth-order valence-electron chi connectivity index (χ4n) is 2.54. The number of hydrogen-bond donors (Lipinski definition) is 1. The van der Waals surface area contributed by atoms with E-state index < -0.39 is 12.6 Å². The Morgan fingerprint density at radius 3 is 3.17 bits per heavy atom. The lowest BCUT2D eigenvalue weighted by atomic mass is 10.2. The standard InChI is InChI=1S/C15H16N2O5S/c18-13(19)8-21-7-11-14(16-9-22-11)15(20)17-4-1-2-12-10(6-17)3-5-23-12/h3,5,9H,1-2,4,6-8H2,(H,18,19). The molecule has 1 N–H and O–H groups in total. The van der Waals surface area contributed by atoms with E-state index in [-0.39, 0.29) is 24.0 Å². The summed E-state index contributed by atoms with van der Waals surface area (Å²) >= 11 is 1.72. The number of carbonyl (C=O) groups is 2. The predicted octanol–water partition coefficient (Wildman–Crippen LogP) is 1.93. The zero-order chi connectivity index (χ0) is 16.2. The minimum Gasteiger partial charge on any atom is -0.480 e. The number of fused-ring (bicyclic) bond motifs is 1. The topological polar surface area (TPSA) is 92.9 Å². The summed E-state index contributed by atoms with van der Waals surface area (Å²) in [4.78, 5) is 30.2. The van der Waals surface area contributed by atoms with E-state index in [1.807, 2.05) is 11.4 Å². The van der Waals surface area contributed by atoms with Crippen LogP contribution in [0.1, 0.15) is 33.1 Å². The molecule has 1 aliphatic heterocycles. The molecule has 7 nitrogen and oxygen atoms in total. The zero-order valence-corrected chi connectivity index (χ0v) is 13.2. The number of amides is 1. The van der Waals surface area contributed by atoms with Crippen molar-refractivity contribution in [3.05, 3.63) is 39.7 Å². The molecular formula is C15H16N2O5S. The van der Waals surface area contributed by atoms with Crippen LogP contribution in [0.5, 0.6) is 0 Å². The van der Waals surface area contributed by atoms with Crippen molar-refractivity contribution >= 4 is 23.2 Å². The normalized spacial score (nSPS) is 14.3. The van der Waals surface area contributed by atoms with E-state index in [0.717, 1.165) is 12.8 Å². The Hall–Kier alpha value is -2.19. The number of aryl methyl sites for hydroxylation is 1. The molecule has 2 aromatic rings. The SMILES string of the molecule is O=C(O)COCc1ocnc1C(=O)N1CCCc2sccc2C1. The number of rotatable bonds is 5. The fourth-order valence-corrected chi connectivity index (χ4v) is 3.49. The average Bonchev–Trinajstić information content (AvgIpc) is 3.11. The van der Waals surface area contributed by atoms with Crippen molar-refractivity contribution in [2.75, 3.05) is 13.2 Å².